The number of carbonyl (C=O) groups is 3. The van der Waals surface area contributed by atoms with Gasteiger partial charge in [-0.05, 0) is 38.2 Å². The van der Waals surface area contributed by atoms with Gasteiger partial charge in [0.15, 0.2) is 0 Å². The molecule has 8 heteroatoms. The SMILES string of the molecule is C=CCN(Cc1ccccc1)C(=O)[C@@H]1[C@H]2C(=O)N([C@@H](CO)C(C)C)C(C(=O)N(CC=C)C(C)C)C23CC[C@H]1O3. The van der Waals surface area contributed by atoms with Crippen molar-refractivity contribution in [2.24, 2.45) is 17.8 Å². The molecule has 3 heterocycles. The Morgan fingerprint density at radius 3 is 2.36 bits per heavy atom. The van der Waals surface area contributed by atoms with Crippen LogP contribution in [-0.4, -0.2) is 87.1 Å². The van der Waals surface area contributed by atoms with Crippen molar-refractivity contribution in [1.82, 2.24) is 14.7 Å². The molecule has 0 radical (unpaired) electrons. The second-order valence-electron chi connectivity index (χ2n) is 11.7. The normalized spacial score (nSPS) is 28.1. The number of aliphatic hydroxyl groups excluding tert-OH is 1. The average Bonchev–Trinajstić information content (AvgIpc) is 3.55. The highest BCUT2D eigenvalue weighted by molar-refractivity contribution is 5.99. The van der Waals surface area contributed by atoms with Gasteiger partial charge < -0.3 is 24.5 Å². The molecule has 2 unspecified atom stereocenters. The van der Waals surface area contributed by atoms with E-state index >= 15 is 0 Å². The predicted octanol–water partition coefficient (Wildman–Crippen LogP) is 3.02. The first-order valence-electron chi connectivity index (χ1n) is 14.1. The van der Waals surface area contributed by atoms with Gasteiger partial charge in [0.1, 0.15) is 11.6 Å². The minimum atomic E-state index is -1.11. The van der Waals surface area contributed by atoms with Crippen LogP contribution in [0.1, 0.15) is 46.1 Å². The molecular formula is C31H43N3O5. The second kappa shape index (κ2) is 11.6. The lowest BCUT2D eigenvalue weighted by Crippen LogP contribution is -2.60. The van der Waals surface area contributed by atoms with E-state index in [4.69, 9.17) is 4.74 Å². The van der Waals surface area contributed by atoms with E-state index in [1.165, 1.54) is 0 Å². The van der Waals surface area contributed by atoms with Crippen LogP contribution in [0.4, 0.5) is 0 Å². The molecular weight excluding hydrogens is 494 g/mol. The Kier molecular flexibility index (Phi) is 8.66. The lowest BCUT2D eigenvalue weighted by molar-refractivity contribution is -0.153. The molecule has 4 rings (SSSR count). The standard InChI is InChI=1S/C31H43N3O5/c1-7-16-32(18-22-12-10-9-11-13-22)28(36)25-24-14-15-31(39-24)26(25)29(37)34(23(19-35)20(3)4)27(31)30(38)33(17-8-2)21(5)6/h7-13,20-21,23-27,35H,1-2,14-19H2,3-6H3/t23-,24+,25-,26-,27?,31?/m0/s1. The largest absolute Gasteiger partial charge is 0.394 e. The Hall–Kier alpha value is -2.97. The molecule has 1 spiro atoms. The van der Waals surface area contributed by atoms with E-state index < -0.39 is 35.6 Å². The van der Waals surface area contributed by atoms with Crippen LogP contribution < -0.4 is 0 Å². The first kappa shape index (κ1) is 29.0. The van der Waals surface area contributed by atoms with Crippen molar-refractivity contribution in [3.63, 3.8) is 0 Å². The smallest absolute Gasteiger partial charge is 0.248 e. The van der Waals surface area contributed by atoms with Crippen molar-refractivity contribution >= 4 is 17.7 Å². The minimum absolute atomic E-state index is 0.0990. The van der Waals surface area contributed by atoms with Crippen LogP contribution in [0.3, 0.4) is 0 Å². The molecule has 3 saturated heterocycles. The van der Waals surface area contributed by atoms with Crippen LogP contribution in [0.2, 0.25) is 0 Å². The fourth-order valence-corrected chi connectivity index (χ4v) is 6.88. The van der Waals surface area contributed by atoms with Crippen molar-refractivity contribution < 1.29 is 24.2 Å². The zero-order valence-electron chi connectivity index (χ0n) is 23.7. The summed E-state index contributed by atoms with van der Waals surface area (Å²) in [6.45, 7) is 16.2. The van der Waals surface area contributed by atoms with Gasteiger partial charge in [-0.15, -0.1) is 13.2 Å². The van der Waals surface area contributed by atoms with Crippen molar-refractivity contribution in [3.05, 3.63) is 61.2 Å². The topological polar surface area (TPSA) is 90.4 Å². The molecule has 3 aliphatic rings. The van der Waals surface area contributed by atoms with E-state index in [0.29, 0.717) is 32.5 Å². The number of carbonyl (C=O) groups excluding carboxylic acids is 3. The molecule has 3 aliphatic heterocycles. The summed E-state index contributed by atoms with van der Waals surface area (Å²) in [7, 11) is 0. The third-order valence-corrected chi connectivity index (χ3v) is 8.68. The third kappa shape index (κ3) is 4.93. The van der Waals surface area contributed by atoms with E-state index in [-0.39, 0.29) is 36.3 Å². The Bertz CT molecular complexity index is 1090. The number of hydrogen-bond donors (Lipinski definition) is 1. The van der Waals surface area contributed by atoms with E-state index in [1.54, 1.807) is 26.9 Å². The molecule has 0 aromatic heterocycles. The molecule has 1 aromatic rings. The van der Waals surface area contributed by atoms with Gasteiger partial charge >= 0.3 is 0 Å². The van der Waals surface area contributed by atoms with Crippen LogP contribution in [0.25, 0.3) is 0 Å². The number of fused-ring (bicyclic) bond motifs is 1. The second-order valence-corrected chi connectivity index (χ2v) is 11.7. The Labute approximate surface area is 232 Å². The molecule has 8 nitrogen and oxygen atoms in total. The molecule has 39 heavy (non-hydrogen) atoms. The number of likely N-dealkylation sites (tertiary alicyclic amines) is 1. The van der Waals surface area contributed by atoms with Gasteiger partial charge in [0.2, 0.25) is 17.7 Å². The first-order chi connectivity index (χ1) is 18.6. The Balaban J connectivity index is 1.76. The van der Waals surface area contributed by atoms with Crippen molar-refractivity contribution in [2.75, 3.05) is 19.7 Å². The Morgan fingerprint density at radius 2 is 1.79 bits per heavy atom. The van der Waals surface area contributed by atoms with Gasteiger partial charge in [-0.3, -0.25) is 14.4 Å². The van der Waals surface area contributed by atoms with E-state index in [9.17, 15) is 19.5 Å². The number of nitrogens with zero attached hydrogens (tertiary/aromatic N) is 3. The third-order valence-electron chi connectivity index (χ3n) is 8.68. The summed E-state index contributed by atoms with van der Waals surface area (Å²) in [5, 5.41) is 10.4. The van der Waals surface area contributed by atoms with Crippen LogP contribution in [0, 0.1) is 17.8 Å². The fourth-order valence-electron chi connectivity index (χ4n) is 6.88. The zero-order chi connectivity index (χ0) is 28.5. The van der Waals surface area contributed by atoms with Crippen molar-refractivity contribution in [1.29, 1.82) is 0 Å². The van der Waals surface area contributed by atoms with Crippen LogP contribution >= 0.6 is 0 Å². The lowest BCUT2D eigenvalue weighted by Gasteiger charge is -2.41. The molecule has 1 aromatic carbocycles. The minimum Gasteiger partial charge on any atom is -0.394 e. The quantitative estimate of drug-likeness (QED) is 0.414. The van der Waals surface area contributed by atoms with Gasteiger partial charge in [0.25, 0.3) is 0 Å². The lowest BCUT2D eigenvalue weighted by atomic mass is 9.70. The molecule has 212 valence electrons. The maximum Gasteiger partial charge on any atom is 0.248 e. The molecule has 6 atom stereocenters. The molecule has 1 N–H and O–H groups in total. The molecule has 0 aliphatic carbocycles. The van der Waals surface area contributed by atoms with Crippen LogP contribution in [0.15, 0.2) is 55.6 Å². The Morgan fingerprint density at radius 1 is 1.13 bits per heavy atom. The highest BCUT2D eigenvalue weighted by Crippen LogP contribution is 2.59. The highest BCUT2D eigenvalue weighted by Gasteiger charge is 2.75. The average molecular weight is 538 g/mol. The van der Waals surface area contributed by atoms with Crippen LogP contribution in [-0.2, 0) is 25.7 Å². The van der Waals surface area contributed by atoms with Gasteiger partial charge in [-0.1, -0.05) is 56.3 Å². The number of rotatable bonds is 12. The molecule has 2 bridgehead atoms. The van der Waals surface area contributed by atoms with E-state index in [1.807, 2.05) is 58.0 Å². The maximum absolute atomic E-state index is 14.3. The highest BCUT2D eigenvalue weighted by atomic mass is 16.5. The van der Waals surface area contributed by atoms with E-state index in [0.717, 1.165) is 5.56 Å². The monoisotopic (exact) mass is 537 g/mol. The summed E-state index contributed by atoms with van der Waals surface area (Å²) < 4.78 is 6.62. The van der Waals surface area contributed by atoms with Crippen molar-refractivity contribution in [3.8, 4) is 0 Å². The fraction of sp³-hybridized carbons (Fsp3) is 0.581. The van der Waals surface area contributed by atoms with Crippen LogP contribution in [0.5, 0.6) is 0 Å². The number of aliphatic hydroxyl groups is 1. The number of hydrogen-bond acceptors (Lipinski definition) is 5. The summed E-state index contributed by atoms with van der Waals surface area (Å²) in [6.07, 6.45) is 4.04. The summed E-state index contributed by atoms with van der Waals surface area (Å²) in [5.74, 6) is -2.24. The molecule has 3 amide bonds. The van der Waals surface area contributed by atoms with Gasteiger partial charge in [0, 0.05) is 25.7 Å². The molecule has 0 saturated carbocycles. The summed E-state index contributed by atoms with van der Waals surface area (Å²) >= 11 is 0. The number of amides is 3. The van der Waals surface area contributed by atoms with Crippen molar-refractivity contribution in [2.45, 2.75) is 76.9 Å². The van der Waals surface area contributed by atoms with Gasteiger partial charge in [-0.2, -0.15) is 0 Å². The van der Waals surface area contributed by atoms with Gasteiger partial charge in [0.05, 0.1) is 30.6 Å². The first-order valence-corrected chi connectivity index (χ1v) is 14.1. The number of ether oxygens (including phenoxy) is 1. The maximum atomic E-state index is 14.3. The number of benzene rings is 1. The van der Waals surface area contributed by atoms with E-state index in [2.05, 4.69) is 13.2 Å². The predicted molar refractivity (Wildman–Crippen MR) is 149 cm³/mol. The summed E-state index contributed by atoms with van der Waals surface area (Å²) in [5.41, 5.74) is -0.126. The van der Waals surface area contributed by atoms with Gasteiger partial charge in [-0.25, -0.2) is 0 Å². The molecule has 3 fully saturated rings. The summed E-state index contributed by atoms with van der Waals surface area (Å²) in [6, 6.07) is 8.11. The summed E-state index contributed by atoms with van der Waals surface area (Å²) in [4.78, 5) is 47.8. The zero-order valence-corrected chi connectivity index (χ0v) is 23.7.